The quantitative estimate of drug-likeness (QED) is 0.734. The molecule has 0 fully saturated rings. The van der Waals surface area contributed by atoms with Crippen molar-refractivity contribution in [2.24, 2.45) is 0 Å². The molecular weight excluding hydrogens is 202 g/mol. The molecule has 1 nitrogen and oxygen atoms in total. The van der Waals surface area contributed by atoms with Crippen LogP contribution in [0.3, 0.4) is 0 Å². The molecule has 0 aliphatic carbocycles. The van der Waals surface area contributed by atoms with E-state index in [1.165, 1.54) is 0 Å². The Balaban J connectivity index is 2.56. The lowest BCUT2D eigenvalue weighted by molar-refractivity contribution is 0.890. The first-order valence-electron chi connectivity index (χ1n) is 4.34. The van der Waals surface area contributed by atoms with E-state index in [0.29, 0.717) is 0 Å². The molecular formula is C10H10ClNS. The van der Waals surface area contributed by atoms with E-state index in [-0.39, 0.29) is 0 Å². The molecule has 0 aliphatic rings. The fourth-order valence-corrected chi connectivity index (χ4v) is 2.45. The molecule has 0 atom stereocenters. The molecule has 0 aromatic carbocycles. The van der Waals surface area contributed by atoms with Gasteiger partial charge in [0.15, 0.2) is 0 Å². The standard InChI is InChI=1S/C10H10ClNS/c1-2-3-7-6-8(11)10-9(12-7)4-5-13-10/h4-6H,2-3H2,1H3. The van der Waals surface area contributed by atoms with Gasteiger partial charge in [-0.1, -0.05) is 24.9 Å². The summed E-state index contributed by atoms with van der Waals surface area (Å²) in [5.74, 6) is 0. The molecule has 0 N–H and O–H groups in total. The average Bonchev–Trinajstić information content (AvgIpc) is 2.53. The van der Waals surface area contributed by atoms with E-state index in [0.717, 1.165) is 33.8 Å². The average molecular weight is 212 g/mol. The fourth-order valence-electron chi connectivity index (χ4n) is 1.35. The van der Waals surface area contributed by atoms with Crippen LogP contribution in [-0.4, -0.2) is 4.98 Å². The molecule has 0 aliphatic heterocycles. The normalized spacial score (nSPS) is 10.9. The summed E-state index contributed by atoms with van der Waals surface area (Å²) in [6.07, 6.45) is 2.12. The number of nitrogens with zero attached hydrogens (tertiary/aromatic N) is 1. The number of fused-ring (bicyclic) bond motifs is 1. The van der Waals surface area contributed by atoms with Gasteiger partial charge in [-0.2, -0.15) is 0 Å². The van der Waals surface area contributed by atoms with Crippen molar-refractivity contribution >= 4 is 33.2 Å². The zero-order chi connectivity index (χ0) is 9.26. The molecule has 2 aromatic rings. The largest absolute Gasteiger partial charge is 0.252 e. The van der Waals surface area contributed by atoms with Crippen LogP contribution in [0.1, 0.15) is 19.0 Å². The zero-order valence-corrected chi connectivity index (χ0v) is 8.95. The van der Waals surface area contributed by atoms with Gasteiger partial charge >= 0.3 is 0 Å². The van der Waals surface area contributed by atoms with Crippen molar-refractivity contribution in [2.75, 3.05) is 0 Å². The lowest BCUT2D eigenvalue weighted by Crippen LogP contribution is -1.88. The van der Waals surface area contributed by atoms with Crippen LogP contribution in [-0.2, 0) is 6.42 Å². The van der Waals surface area contributed by atoms with Gasteiger partial charge in [0, 0.05) is 5.69 Å². The molecule has 0 spiro atoms. The second kappa shape index (κ2) is 3.64. The minimum absolute atomic E-state index is 0.837. The van der Waals surface area contributed by atoms with Gasteiger partial charge in [-0.05, 0) is 23.9 Å². The third kappa shape index (κ3) is 1.69. The van der Waals surface area contributed by atoms with Gasteiger partial charge < -0.3 is 0 Å². The van der Waals surface area contributed by atoms with E-state index in [1.54, 1.807) is 11.3 Å². The van der Waals surface area contributed by atoms with Crippen LogP contribution in [0.5, 0.6) is 0 Å². The number of aryl methyl sites for hydroxylation is 1. The molecule has 0 saturated heterocycles. The maximum Gasteiger partial charge on any atom is 0.0828 e. The van der Waals surface area contributed by atoms with Crippen LogP contribution in [0, 0.1) is 0 Å². The topological polar surface area (TPSA) is 12.9 Å². The Bertz CT molecular complexity index is 422. The lowest BCUT2D eigenvalue weighted by atomic mass is 10.2. The Morgan fingerprint density at radius 3 is 3.15 bits per heavy atom. The Morgan fingerprint density at radius 1 is 1.54 bits per heavy atom. The molecule has 68 valence electrons. The highest BCUT2D eigenvalue weighted by molar-refractivity contribution is 7.17. The van der Waals surface area contributed by atoms with Gasteiger partial charge in [-0.25, -0.2) is 0 Å². The summed E-state index contributed by atoms with van der Waals surface area (Å²) in [7, 11) is 0. The van der Waals surface area contributed by atoms with E-state index >= 15 is 0 Å². The van der Waals surface area contributed by atoms with Crippen molar-refractivity contribution in [2.45, 2.75) is 19.8 Å². The number of hydrogen-bond acceptors (Lipinski definition) is 2. The Labute approximate surface area is 86.4 Å². The van der Waals surface area contributed by atoms with Crippen molar-refractivity contribution in [1.29, 1.82) is 0 Å². The zero-order valence-electron chi connectivity index (χ0n) is 7.38. The van der Waals surface area contributed by atoms with Crippen LogP contribution in [0.15, 0.2) is 17.5 Å². The minimum atomic E-state index is 0.837. The van der Waals surface area contributed by atoms with Gasteiger partial charge in [-0.3, -0.25) is 4.98 Å². The summed E-state index contributed by atoms with van der Waals surface area (Å²) in [4.78, 5) is 4.51. The predicted octanol–water partition coefficient (Wildman–Crippen LogP) is 3.90. The first-order chi connectivity index (χ1) is 6.31. The maximum atomic E-state index is 6.11. The van der Waals surface area contributed by atoms with E-state index < -0.39 is 0 Å². The number of hydrogen-bond donors (Lipinski definition) is 0. The molecule has 2 aromatic heterocycles. The highest BCUT2D eigenvalue weighted by Crippen LogP contribution is 2.28. The van der Waals surface area contributed by atoms with E-state index in [2.05, 4.69) is 11.9 Å². The number of rotatable bonds is 2. The second-order valence-electron chi connectivity index (χ2n) is 2.98. The number of halogens is 1. The number of thiophene rings is 1. The van der Waals surface area contributed by atoms with Crippen molar-refractivity contribution < 1.29 is 0 Å². The summed E-state index contributed by atoms with van der Waals surface area (Å²) in [5, 5.41) is 2.86. The first-order valence-corrected chi connectivity index (χ1v) is 5.59. The summed E-state index contributed by atoms with van der Waals surface area (Å²) in [6, 6.07) is 3.99. The van der Waals surface area contributed by atoms with Crippen molar-refractivity contribution in [1.82, 2.24) is 4.98 Å². The van der Waals surface area contributed by atoms with E-state index in [9.17, 15) is 0 Å². The Kier molecular flexibility index (Phi) is 2.51. The van der Waals surface area contributed by atoms with Crippen LogP contribution in [0.4, 0.5) is 0 Å². The smallest absolute Gasteiger partial charge is 0.0828 e. The molecule has 2 rings (SSSR count). The fraction of sp³-hybridized carbons (Fsp3) is 0.300. The van der Waals surface area contributed by atoms with Crippen LogP contribution < -0.4 is 0 Å². The molecule has 0 amide bonds. The third-order valence-electron chi connectivity index (χ3n) is 1.92. The van der Waals surface area contributed by atoms with Crippen molar-refractivity contribution in [3.05, 3.63) is 28.2 Å². The van der Waals surface area contributed by atoms with Crippen molar-refractivity contribution in [3.63, 3.8) is 0 Å². The predicted molar refractivity (Wildman–Crippen MR) is 58.6 cm³/mol. The van der Waals surface area contributed by atoms with Gasteiger partial charge in [0.25, 0.3) is 0 Å². The monoisotopic (exact) mass is 211 g/mol. The van der Waals surface area contributed by atoms with Gasteiger partial charge in [0.1, 0.15) is 0 Å². The first kappa shape index (κ1) is 8.97. The summed E-state index contributed by atoms with van der Waals surface area (Å²) in [6.45, 7) is 2.15. The Hall–Kier alpha value is -0.600. The molecule has 13 heavy (non-hydrogen) atoms. The van der Waals surface area contributed by atoms with Crippen LogP contribution in [0.2, 0.25) is 5.02 Å². The molecule has 3 heteroatoms. The summed E-state index contributed by atoms with van der Waals surface area (Å²) in [5.41, 5.74) is 2.12. The SMILES string of the molecule is CCCc1cc(Cl)c2sccc2n1. The van der Waals surface area contributed by atoms with Gasteiger partial charge in [0.05, 0.1) is 15.2 Å². The van der Waals surface area contributed by atoms with E-state index in [1.807, 2.05) is 17.5 Å². The highest BCUT2D eigenvalue weighted by atomic mass is 35.5. The third-order valence-corrected chi connectivity index (χ3v) is 3.27. The molecule has 0 saturated carbocycles. The highest BCUT2D eigenvalue weighted by Gasteiger charge is 2.04. The van der Waals surface area contributed by atoms with Crippen molar-refractivity contribution in [3.8, 4) is 0 Å². The maximum absolute atomic E-state index is 6.11. The molecule has 0 unspecified atom stereocenters. The minimum Gasteiger partial charge on any atom is -0.252 e. The lowest BCUT2D eigenvalue weighted by Gasteiger charge is -1.99. The molecule has 0 bridgehead atoms. The Morgan fingerprint density at radius 2 is 2.38 bits per heavy atom. The van der Waals surface area contributed by atoms with Gasteiger partial charge in [-0.15, -0.1) is 11.3 Å². The molecule has 0 radical (unpaired) electrons. The summed E-state index contributed by atoms with van der Waals surface area (Å²) >= 11 is 7.76. The number of pyridine rings is 1. The second-order valence-corrected chi connectivity index (χ2v) is 4.30. The van der Waals surface area contributed by atoms with Crippen LogP contribution in [0.25, 0.3) is 10.2 Å². The number of aromatic nitrogens is 1. The van der Waals surface area contributed by atoms with Gasteiger partial charge in [0.2, 0.25) is 0 Å². The van der Waals surface area contributed by atoms with E-state index in [4.69, 9.17) is 11.6 Å². The molecule has 2 heterocycles. The van der Waals surface area contributed by atoms with Crippen LogP contribution >= 0.6 is 22.9 Å². The summed E-state index contributed by atoms with van der Waals surface area (Å²) < 4.78 is 1.10.